The van der Waals surface area contributed by atoms with Crippen LogP contribution < -0.4 is 4.72 Å². The zero-order valence-electron chi connectivity index (χ0n) is 17.3. The molecular formula is C20H28N6O3S. The summed E-state index contributed by atoms with van der Waals surface area (Å²) in [6.45, 7) is 2.12. The number of piperidine rings is 1. The fourth-order valence-electron chi connectivity index (χ4n) is 4.36. The van der Waals surface area contributed by atoms with E-state index in [-0.39, 0.29) is 23.9 Å². The van der Waals surface area contributed by atoms with Gasteiger partial charge >= 0.3 is 0 Å². The van der Waals surface area contributed by atoms with Crippen molar-refractivity contribution < 1.29 is 13.2 Å². The Morgan fingerprint density at radius 1 is 1.20 bits per heavy atom. The number of nitrogens with zero attached hydrogens (tertiary/aromatic N) is 4. The Hall–Kier alpha value is -2.30. The van der Waals surface area contributed by atoms with Crippen LogP contribution in [0, 0.1) is 5.92 Å². The zero-order valence-corrected chi connectivity index (χ0v) is 18.1. The molecule has 0 aliphatic carbocycles. The van der Waals surface area contributed by atoms with Gasteiger partial charge in [0.25, 0.3) is 0 Å². The average Bonchev–Trinajstić information content (AvgIpc) is 3.34. The molecular weight excluding hydrogens is 404 g/mol. The Morgan fingerprint density at radius 2 is 1.90 bits per heavy atom. The van der Waals surface area contributed by atoms with Gasteiger partial charge in [-0.25, -0.2) is 18.1 Å². The molecule has 0 bridgehead atoms. The number of likely N-dealkylation sites (tertiary alicyclic amines) is 2. The van der Waals surface area contributed by atoms with Crippen LogP contribution in [0.5, 0.6) is 0 Å². The number of H-pyrrole nitrogens is 1. The fraction of sp³-hybridized carbons (Fsp3) is 0.550. The number of carbonyl (C=O) groups excluding carboxylic acids is 1. The summed E-state index contributed by atoms with van der Waals surface area (Å²) in [7, 11) is -1.31. The molecule has 9 nitrogen and oxygen atoms in total. The van der Waals surface area contributed by atoms with Gasteiger partial charge < -0.3 is 9.80 Å². The quantitative estimate of drug-likeness (QED) is 0.729. The molecule has 1 amide bonds. The molecule has 10 heteroatoms. The second-order valence-electron chi connectivity index (χ2n) is 8.32. The first-order valence-corrected chi connectivity index (χ1v) is 12.1. The van der Waals surface area contributed by atoms with E-state index in [1.54, 1.807) is 4.90 Å². The van der Waals surface area contributed by atoms with E-state index in [9.17, 15) is 13.2 Å². The Morgan fingerprint density at radius 3 is 2.57 bits per heavy atom. The number of amides is 1. The Bertz CT molecular complexity index is 985. The van der Waals surface area contributed by atoms with Gasteiger partial charge in [0.05, 0.1) is 12.3 Å². The number of aromatic nitrogens is 3. The van der Waals surface area contributed by atoms with Crippen LogP contribution in [0.2, 0.25) is 0 Å². The van der Waals surface area contributed by atoms with Gasteiger partial charge in [-0.15, -0.1) is 0 Å². The standard InChI is InChI=1S/C20H28N6O3S/c1-25-10-8-15(9-11-25)20(27)26-13-16(24-30(2,28)29)12-17(26)19-21-18(22-23-19)14-6-4-3-5-7-14/h3-7,15-17,24H,8-13H2,1-2H3,(H,21,22,23)/t16-,17-/m0/s1. The first-order valence-electron chi connectivity index (χ1n) is 10.2. The lowest BCUT2D eigenvalue weighted by atomic mass is 9.95. The van der Waals surface area contributed by atoms with Crippen molar-refractivity contribution >= 4 is 15.9 Å². The third kappa shape index (κ3) is 4.71. The number of hydrogen-bond acceptors (Lipinski definition) is 6. The predicted molar refractivity (Wildman–Crippen MR) is 113 cm³/mol. The molecule has 1 aromatic carbocycles. The molecule has 162 valence electrons. The van der Waals surface area contributed by atoms with Crippen molar-refractivity contribution in [1.82, 2.24) is 29.7 Å². The van der Waals surface area contributed by atoms with Crippen LogP contribution in [0.3, 0.4) is 0 Å². The van der Waals surface area contributed by atoms with Crippen LogP contribution in [0.15, 0.2) is 30.3 Å². The molecule has 4 rings (SSSR count). The highest BCUT2D eigenvalue weighted by molar-refractivity contribution is 7.88. The van der Waals surface area contributed by atoms with Crippen molar-refractivity contribution in [2.24, 2.45) is 5.92 Å². The van der Waals surface area contributed by atoms with E-state index in [0.717, 1.165) is 37.8 Å². The average molecular weight is 433 g/mol. The van der Waals surface area contributed by atoms with Gasteiger partial charge in [0.1, 0.15) is 5.82 Å². The van der Waals surface area contributed by atoms with Gasteiger partial charge in [-0.3, -0.25) is 9.89 Å². The molecule has 2 saturated heterocycles. The Kier molecular flexibility index (Phi) is 5.90. The van der Waals surface area contributed by atoms with Crippen LogP contribution in [-0.2, 0) is 14.8 Å². The molecule has 30 heavy (non-hydrogen) atoms. The van der Waals surface area contributed by atoms with Gasteiger partial charge in [0, 0.05) is 24.1 Å². The van der Waals surface area contributed by atoms with Gasteiger partial charge in [-0.05, 0) is 39.4 Å². The van der Waals surface area contributed by atoms with Crippen molar-refractivity contribution in [2.75, 3.05) is 32.9 Å². The van der Waals surface area contributed by atoms with Gasteiger partial charge in [0.15, 0.2) is 5.82 Å². The lowest BCUT2D eigenvalue weighted by Crippen LogP contribution is -2.43. The molecule has 2 fully saturated rings. The summed E-state index contributed by atoms with van der Waals surface area (Å²) in [5.74, 6) is 1.19. The molecule has 2 aliphatic heterocycles. The largest absolute Gasteiger partial charge is 0.331 e. The lowest BCUT2D eigenvalue weighted by Gasteiger charge is -2.32. The number of hydrogen-bond donors (Lipinski definition) is 2. The molecule has 0 spiro atoms. The van der Waals surface area contributed by atoms with E-state index < -0.39 is 10.0 Å². The molecule has 1 aromatic heterocycles. The maximum Gasteiger partial charge on any atom is 0.226 e. The van der Waals surface area contributed by atoms with E-state index in [0.29, 0.717) is 24.6 Å². The number of aromatic amines is 1. The molecule has 0 unspecified atom stereocenters. The highest BCUT2D eigenvalue weighted by Gasteiger charge is 2.41. The smallest absolute Gasteiger partial charge is 0.226 e. The first-order chi connectivity index (χ1) is 14.3. The van der Waals surface area contributed by atoms with Crippen LogP contribution in [0.25, 0.3) is 11.4 Å². The first kappa shape index (κ1) is 21.0. The summed E-state index contributed by atoms with van der Waals surface area (Å²) in [5.41, 5.74) is 0.886. The van der Waals surface area contributed by atoms with Crippen molar-refractivity contribution in [3.8, 4) is 11.4 Å². The fourth-order valence-corrected chi connectivity index (χ4v) is 5.13. The number of sulfonamides is 1. The molecule has 2 N–H and O–H groups in total. The monoisotopic (exact) mass is 432 g/mol. The van der Waals surface area contributed by atoms with Gasteiger partial charge in [-0.2, -0.15) is 5.10 Å². The molecule has 3 heterocycles. The third-order valence-electron chi connectivity index (χ3n) is 5.88. The van der Waals surface area contributed by atoms with Crippen LogP contribution in [-0.4, -0.2) is 78.3 Å². The number of rotatable bonds is 5. The predicted octanol–water partition coefficient (Wildman–Crippen LogP) is 1.00. The second kappa shape index (κ2) is 8.44. The normalized spacial score (nSPS) is 23.7. The van der Waals surface area contributed by atoms with E-state index in [4.69, 9.17) is 0 Å². The van der Waals surface area contributed by atoms with Crippen molar-refractivity contribution in [3.05, 3.63) is 36.2 Å². The molecule has 2 aromatic rings. The van der Waals surface area contributed by atoms with Gasteiger partial charge in [0.2, 0.25) is 15.9 Å². The minimum Gasteiger partial charge on any atom is -0.331 e. The summed E-state index contributed by atoms with van der Waals surface area (Å²) in [6, 6.07) is 8.95. The molecule has 0 saturated carbocycles. The second-order valence-corrected chi connectivity index (χ2v) is 10.1. The third-order valence-corrected chi connectivity index (χ3v) is 6.64. The highest BCUT2D eigenvalue weighted by Crippen LogP contribution is 2.34. The van der Waals surface area contributed by atoms with Crippen molar-refractivity contribution in [3.63, 3.8) is 0 Å². The van der Waals surface area contributed by atoms with Gasteiger partial charge in [-0.1, -0.05) is 30.3 Å². The minimum absolute atomic E-state index is 0.0443. The summed E-state index contributed by atoms with van der Waals surface area (Å²) in [6.07, 6.45) is 3.24. The topological polar surface area (TPSA) is 111 Å². The van der Waals surface area contributed by atoms with Crippen LogP contribution >= 0.6 is 0 Å². The molecule has 2 aliphatic rings. The van der Waals surface area contributed by atoms with Crippen molar-refractivity contribution in [1.29, 1.82) is 0 Å². The molecule has 0 radical (unpaired) electrons. The van der Waals surface area contributed by atoms with E-state index >= 15 is 0 Å². The SMILES string of the molecule is CN1CCC(C(=O)N2C[C@@H](NS(C)(=O)=O)C[C@H]2c2nc(-c3ccccc3)n[nH]2)CC1. The number of carbonyl (C=O) groups is 1. The zero-order chi connectivity index (χ0) is 21.3. The van der Waals surface area contributed by atoms with E-state index in [1.807, 2.05) is 30.3 Å². The maximum atomic E-state index is 13.3. The number of nitrogens with one attached hydrogen (secondary N) is 2. The maximum absolute atomic E-state index is 13.3. The highest BCUT2D eigenvalue weighted by atomic mass is 32.2. The lowest BCUT2D eigenvalue weighted by molar-refractivity contribution is -0.138. The minimum atomic E-state index is -3.37. The summed E-state index contributed by atoms with van der Waals surface area (Å²) >= 11 is 0. The summed E-state index contributed by atoms with van der Waals surface area (Å²) in [5, 5.41) is 7.31. The van der Waals surface area contributed by atoms with E-state index in [2.05, 4.69) is 31.9 Å². The van der Waals surface area contributed by atoms with Crippen LogP contribution in [0.1, 0.15) is 31.1 Å². The van der Waals surface area contributed by atoms with E-state index in [1.165, 1.54) is 0 Å². The summed E-state index contributed by atoms with van der Waals surface area (Å²) in [4.78, 5) is 22.0. The number of benzene rings is 1. The Labute approximate surface area is 176 Å². The van der Waals surface area contributed by atoms with Crippen LogP contribution in [0.4, 0.5) is 0 Å². The Balaban J connectivity index is 1.58. The summed E-state index contributed by atoms with van der Waals surface area (Å²) < 4.78 is 26.2. The van der Waals surface area contributed by atoms with Crippen molar-refractivity contribution in [2.45, 2.75) is 31.3 Å². The molecule has 2 atom stereocenters.